The number of carboxylic acids is 2. The number of benzene rings is 1. The largest absolute Gasteiger partial charge is 0.550 e. The zero-order valence-corrected chi connectivity index (χ0v) is 16.5. The number of halogens is 1. The van der Waals surface area contributed by atoms with Gasteiger partial charge in [0.25, 0.3) is 0 Å². The Morgan fingerprint density at radius 1 is 1.15 bits per heavy atom. The summed E-state index contributed by atoms with van der Waals surface area (Å²) in [6.07, 6.45) is 4.35. The van der Waals surface area contributed by atoms with E-state index in [0.717, 1.165) is 55.3 Å². The highest BCUT2D eigenvalue weighted by Crippen LogP contribution is 2.21. The molecule has 0 saturated heterocycles. The standard InChI is InChI=1S/C18H21ClN2O2.C2H4O2/c1-3-5-6-16-20-15(14(4-2)17(19)21-16)11-12-7-9-13(10-8-12)18(22)23;1-2(3)4/h7-10H,3-6,11H2,1-2H3,(H,22,23);1H3,(H,3,4)/p-1. The second-order valence-electron chi connectivity index (χ2n) is 5.98. The van der Waals surface area contributed by atoms with Crippen LogP contribution < -0.4 is 5.11 Å². The molecule has 1 N–H and O–H groups in total. The smallest absolute Gasteiger partial charge is 0.335 e. The Bertz CT molecular complexity index is 772. The summed E-state index contributed by atoms with van der Waals surface area (Å²) >= 11 is 6.32. The highest BCUT2D eigenvalue weighted by atomic mass is 35.5. The quantitative estimate of drug-likeness (QED) is 0.727. The van der Waals surface area contributed by atoms with Gasteiger partial charge in [0.15, 0.2) is 0 Å². The van der Waals surface area contributed by atoms with E-state index in [-0.39, 0.29) is 5.56 Å². The van der Waals surface area contributed by atoms with E-state index < -0.39 is 11.9 Å². The van der Waals surface area contributed by atoms with Gasteiger partial charge in [-0.2, -0.15) is 0 Å². The predicted molar refractivity (Wildman–Crippen MR) is 102 cm³/mol. The van der Waals surface area contributed by atoms with Crippen LogP contribution in [0.3, 0.4) is 0 Å². The van der Waals surface area contributed by atoms with Gasteiger partial charge in [-0.3, -0.25) is 0 Å². The first-order chi connectivity index (χ1) is 12.8. The van der Waals surface area contributed by atoms with Crippen LogP contribution in [0.1, 0.15) is 66.6 Å². The molecular weight excluding hydrogens is 368 g/mol. The minimum Gasteiger partial charge on any atom is -0.550 e. The number of carbonyl (C=O) groups is 2. The number of carbonyl (C=O) groups excluding carboxylic acids is 1. The van der Waals surface area contributed by atoms with E-state index in [9.17, 15) is 4.79 Å². The lowest BCUT2D eigenvalue weighted by Crippen LogP contribution is -2.16. The van der Waals surface area contributed by atoms with E-state index in [1.165, 1.54) is 0 Å². The van der Waals surface area contributed by atoms with Crippen LogP contribution in [0.15, 0.2) is 24.3 Å². The first kappa shape index (κ1) is 22.6. The van der Waals surface area contributed by atoms with Crippen molar-refractivity contribution in [2.75, 3.05) is 0 Å². The third-order valence-corrected chi connectivity index (χ3v) is 4.08. The Hall–Kier alpha value is -2.47. The van der Waals surface area contributed by atoms with Gasteiger partial charge in [-0.1, -0.05) is 44.0 Å². The van der Waals surface area contributed by atoms with Gasteiger partial charge in [0, 0.05) is 24.4 Å². The number of nitrogens with zero attached hydrogens (tertiary/aromatic N) is 2. The molecule has 0 aliphatic carbocycles. The molecule has 0 aliphatic heterocycles. The molecule has 2 aromatic rings. The summed E-state index contributed by atoms with van der Waals surface area (Å²) in [5.74, 6) is -1.22. The summed E-state index contributed by atoms with van der Waals surface area (Å²) in [6.45, 7) is 5.14. The normalized spacial score (nSPS) is 10.1. The molecule has 0 unspecified atom stereocenters. The lowest BCUT2D eigenvalue weighted by molar-refractivity contribution is -0.302. The van der Waals surface area contributed by atoms with Crippen LogP contribution in [-0.4, -0.2) is 27.0 Å². The van der Waals surface area contributed by atoms with Crippen LogP contribution in [0, 0.1) is 0 Å². The number of hydrogen-bond acceptors (Lipinski definition) is 5. The molecule has 1 aromatic carbocycles. The lowest BCUT2D eigenvalue weighted by atomic mass is 10.0. The molecule has 2 rings (SSSR count). The number of rotatable bonds is 7. The minimum atomic E-state index is -1.08. The van der Waals surface area contributed by atoms with Gasteiger partial charge in [0.2, 0.25) is 0 Å². The lowest BCUT2D eigenvalue weighted by Gasteiger charge is -2.11. The Labute approximate surface area is 164 Å². The Morgan fingerprint density at radius 2 is 1.74 bits per heavy atom. The fourth-order valence-electron chi connectivity index (χ4n) is 2.45. The Morgan fingerprint density at radius 3 is 2.22 bits per heavy atom. The van der Waals surface area contributed by atoms with Gasteiger partial charge in [-0.15, -0.1) is 0 Å². The zero-order valence-electron chi connectivity index (χ0n) is 15.8. The molecule has 6 nitrogen and oxygen atoms in total. The van der Waals surface area contributed by atoms with Crippen LogP contribution >= 0.6 is 11.6 Å². The summed E-state index contributed by atoms with van der Waals surface area (Å²) in [4.78, 5) is 28.9. The van der Waals surface area contributed by atoms with Gasteiger partial charge < -0.3 is 15.0 Å². The van der Waals surface area contributed by atoms with Crippen LogP contribution in [0.4, 0.5) is 0 Å². The second-order valence-corrected chi connectivity index (χ2v) is 6.34. The maximum absolute atomic E-state index is 10.9. The molecule has 7 heteroatoms. The molecule has 1 heterocycles. The monoisotopic (exact) mass is 391 g/mol. The van der Waals surface area contributed by atoms with Crippen molar-refractivity contribution >= 4 is 23.5 Å². The van der Waals surface area contributed by atoms with Crippen LogP contribution in [0.25, 0.3) is 0 Å². The van der Waals surface area contributed by atoms with Crippen molar-refractivity contribution in [3.8, 4) is 0 Å². The highest BCUT2D eigenvalue weighted by molar-refractivity contribution is 6.30. The number of hydrogen-bond donors (Lipinski definition) is 1. The van der Waals surface area contributed by atoms with E-state index in [4.69, 9.17) is 26.6 Å². The summed E-state index contributed by atoms with van der Waals surface area (Å²) in [5.41, 5.74) is 3.20. The van der Waals surface area contributed by atoms with Crippen molar-refractivity contribution in [1.82, 2.24) is 9.97 Å². The average Bonchev–Trinajstić information content (AvgIpc) is 2.60. The van der Waals surface area contributed by atoms with Crippen LogP contribution in [0.5, 0.6) is 0 Å². The summed E-state index contributed by atoms with van der Waals surface area (Å²) in [6, 6.07) is 6.88. The van der Waals surface area contributed by atoms with Crippen molar-refractivity contribution in [2.24, 2.45) is 0 Å². The first-order valence-electron chi connectivity index (χ1n) is 8.82. The number of aromatic carboxylic acids is 1. The molecule has 0 radical (unpaired) electrons. The molecule has 0 bridgehead atoms. The van der Waals surface area contributed by atoms with E-state index in [1.54, 1.807) is 12.1 Å². The number of aryl methyl sites for hydroxylation is 1. The van der Waals surface area contributed by atoms with Crippen molar-refractivity contribution in [2.45, 2.75) is 52.9 Å². The Kier molecular flexibility index (Phi) is 9.44. The molecule has 0 fully saturated rings. The zero-order chi connectivity index (χ0) is 20.4. The van der Waals surface area contributed by atoms with Crippen molar-refractivity contribution in [3.63, 3.8) is 0 Å². The van der Waals surface area contributed by atoms with E-state index in [1.807, 2.05) is 19.1 Å². The van der Waals surface area contributed by atoms with E-state index in [0.29, 0.717) is 11.6 Å². The maximum atomic E-state index is 10.9. The third kappa shape index (κ3) is 7.74. The molecule has 146 valence electrons. The topological polar surface area (TPSA) is 103 Å². The first-order valence-corrected chi connectivity index (χ1v) is 9.20. The summed E-state index contributed by atoms with van der Waals surface area (Å²) in [5, 5.41) is 18.4. The minimum absolute atomic E-state index is 0.286. The molecule has 0 atom stereocenters. The van der Waals surface area contributed by atoms with Crippen molar-refractivity contribution in [1.29, 1.82) is 0 Å². The number of aliphatic carboxylic acids is 1. The number of unbranched alkanes of at least 4 members (excludes halogenated alkanes) is 1. The highest BCUT2D eigenvalue weighted by Gasteiger charge is 2.12. The van der Waals surface area contributed by atoms with E-state index >= 15 is 0 Å². The molecule has 0 aliphatic rings. The Balaban J connectivity index is 0.000000828. The average molecular weight is 392 g/mol. The summed E-state index contributed by atoms with van der Waals surface area (Å²) < 4.78 is 0. The summed E-state index contributed by atoms with van der Waals surface area (Å²) in [7, 11) is 0. The predicted octanol–water partition coefficient (Wildman–Crippen LogP) is 3.08. The molecule has 0 saturated carbocycles. The van der Waals surface area contributed by atoms with Crippen molar-refractivity contribution in [3.05, 3.63) is 57.6 Å². The van der Waals surface area contributed by atoms with Gasteiger partial charge >= 0.3 is 5.97 Å². The van der Waals surface area contributed by atoms with E-state index in [2.05, 4.69) is 16.9 Å². The third-order valence-electron chi connectivity index (χ3n) is 3.77. The van der Waals surface area contributed by atoms with Crippen LogP contribution in [-0.2, 0) is 24.1 Å². The molecule has 1 aromatic heterocycles. The second kappa shape index (κ2) is 11.3. The van der Waals surface area contributed by atoms with Gasteiger partial charge in [0.1, 0.15) is 11.0 Å². The molecular formula is C20H24ClN2O4-. The van der Waals surface area contributed by atoms with Gasteiger partial charge in [0.05, 0.1) is 11.3 Å². The molecule has 0 amide bonds. The van der Waals surface area contributed by atoms with Crippen LogP contribution in [0.2, 0.25) is 5.15 Å². The fraction of sp³-hybridized carbons (Fsp3) is 0.400. The molecule has 0 spiro atoms. The fourth-order valence-corrected chi connectivity index (χ4v) is 2.79. The molecule has 27 heavy (non-hydrogen) atoms. The number of carboxylic acid groups (broad SMARTS) is 2. The SMILES string of the molecule is CC(=O)[O-].CCCCc1nc(Cl)c(CC)c(Cc2ccc(C(=O)O)cc2)n1. The van der Waals surface area contributed by atoms with Crippen molar-refractivity contribution < 1.29 is 19.8 Å². The van der Waals surface area contributed by atoms with Gasteiger partial charge in [-0.25, -0.2) is 14.8 Å². The number of aromatic nitrogens is 2. The maximum Gasteiger partial charge on any atom is 0.335 e. The van der Waals surface area contributed by atoms with Gasteiger partial charge in [-0.05, 0) is 37.5 Å².